The molecular formula is C20H16FN3OS. The van der Waals surface area contributed by atoms with Crippen molar-refractivity contribution in [1.29, 1.82) is 0 Å². The van der Waals surface area contributed by atoms with Crippen LogP contribution in [-0.4, -0.2) is 22.4 Å². The molecule has 1 amide bonds. The van der Waals surface area contributed by atoms with Crippen LogP contribution in [0, 0.1) is 5.82 Å². The van der Waals surface area contributed by atoms with Crippen LogP contribution in [0.5, 0.6) is 0 Å². The summed E-state index contributed by atoms with van der Waals surface area (Å²) in [4.78, 5) is 21.5. The van der Waals surface area contributed by atoms with Gasteiger partial charge in [-0.2, -0.15) is 0 Å². The van der Waals surface area contributed by atoms with Crippen molar-refractivity contribution in [3.8, 4) is 10.4 Å². The van der Waals surface area contributed by atoms with Crippen LogP contribution in [0.1, 0.15) is 15.2 Å². The van der Waals surface area contributed by atoms with Crippen molar-refractivity contribution in [2.45, 2.75) is 6.42 Å². The van der Waals surface area contributed by atoms with Crippen molar-refractivity contribution in [2.75, 3.05) is 6.54 Å². The van der Waals surface area contributed by atoms with E-state index < -0.39 is 0 Å². The molecule has 4 aromatic rings. The summed E-state index contributed by atoms with van der Waals surface area (Å²) >= 11 is 1.44. The van der Waals surface area contributed by atoms with Gasteiger partial charge in [-0.3, -0.25) is 4.79 Å². The van der Waals surface area contributed by atoms with E-state index in [2.05, 4.69) is 15.3 Å². The Hall–Kier alpha value is -2.99. The third kappa shape index (κ3) is 3.36. The molecule has 3 aromatic heterocycles. The molecule has 0 radical (unpaired) electrons. The second kappa shape index (κ2) is 7.09. The van der Waals surface area contributed by atoms with E-state index in [1.54, 1.807) is 12.3 Å². The van der Waals surface area contributed by atoms with Gasteiger partial charge in [-0.1, -0.05) is 12.1 Å². The Morgan fingerprint density at radius 1 is 1.19 bits per heavy atom. The van der Waals surface area contributed by atoms with Gasteiger partial charge < -0.3 is 10.3 Å². The first-order valence-electron chi connectivity index (χ1n) is 8.26. The van der Waals surface area contributed by atoms with E-state index in [0.717, 1.165) is 27.0 Å². The van der Waals surface area contributed by atoms with Crippen molar-refractivity contribution in [3.63, 3.8) is 0 Å². The summed E-state index contributed by atoms with van der Waals surface area (Å²) in [6.45, 7) is 0.465. The fraction of sp³-hybridized carbons (Fsp3) is 0.100. The fourth-order valence-corrected chi connectivity index (χ4v) is 3.82. The molecule has 4 nitrogen and oxygen atoms in total. The number of hydrogen-bond donors (Lipinski definition) is 2. The van der Waals surface area contributed by atoms with Crippen molar-refractivity contribution in [3.05, 3.63) is 77.2 Å². The molecule has 0 spiro atoms. The molecule has 1 aromatic carbocycles. The zero-order chi connectivity index (χ0) is 17.9. The number of fused-ring (bicyclic) bond motifs is 1. The van der Waals surface area contributed by atoms with Crippen LogP contribution < -0.4 is 5.32 Å². The average molecular weight is 365 g/mol. The molecule has 0 atom stereocenters. The third-order valence-corrected chi connectivity index (χ3v) is 5.25. The second-order valence-corrected chi connectivity index (χ2v) is 6.99. The lowest BCUT2D eigenvalue weighted by Gasteiger charge is -2.04. The zero-order valence-electron chi connectivity index (χ0n) is 13.8. The number of aromatic amines is 1. The molecule has 0 saturated carbocycles. The first-order chi connectivity index (χ1) is 12.7. The van der Waals surface area contributed by atoms with Gasteiger partial charge in [-0.25, -0.2) is 9.37 Å². The maximum atomic E-state index is 13.2. The number of aromatic nitrogens is 2. The Morgan fingerprint density at radius 3 is 3.00 bits per heavy atom. The number of thiophene rings is 1. The largest absolute Gasteiger partial charge is 0.351 e. The maximum Gasteiger partial charge on any atom is 0.261 e. The zero-order valence-corrected chi connectivity index (χ0v) is 14.6. The van der Waals surface area contributed by atoms with Crippen LogP contribution in [0.4, 0.5) is 4.39 Å². The first-order valence-corrected chi connectivity index (χ1v) is 9.07. The Kier molecular flexibility index (Phi) is 4.50. The number of carbonyl (C=O) groups is 1. The summed E-state index contributed by atoms with van der Waals surface area (Å²) in [6.07, 6.45) is 4.25. The highest BCUT2D eigenvalue weighted by molar-refractivity contribution is 7.17. The van der Waals surface area contributed by atoms with E-state index in [9.17, 15) is 9.18 Å². The van der Waals surface area contributed by atoms with Crippen molar-refractivity contribution in [1.82, 2.24) is 15.3 Å². The van der Waals surface area contributed by atoms with Crippen molar-refractivity contribution >= 4 is 28.3 Å². The van der Waals surface area contributed by atoms with Crippen LogP contribution in [0.3, 0.4) is 0 Å². The lowest BCUT2D eigenvalue weighted by molar-refractivity contribution is 0.0958. The second-order valence-electron chi connectivity index (χ2n) is 5.90. The van der Waals surface area contributed by atoms with Crippen LogP contribution in [0.2, 0.25) is 0 Å². The third-order valence-electron chi connectivity index (χ3n) is 4.13. The highest BCUT2D eigenvalue weighted by atomic mass is 32.1. The molecule has 0 aliphatic rings. The van der Waals surface area contributed by atoms with E-state index >= 15 is 0 Å². The van der Waals surface area contributed by atoms with Gasteiger partial charge in [0.2, 0.25) is 0 Å². The van der Waals surface area contributed by atoms with Gasteiger partial charge in [0, 0.05) is 34.8 Å². The molecule has 26 heavy (non-hydrogen) atoms. The molecule has 0 aliphatic heterocycles. The van der Waals surface area contributed by atoms with E-state index in [0.29, 0.717) is 17.8 Å². The molecule has 6 heteroatoms. The maximum absolute atomic E-state index is 13.2. The molecule has 0 bridgehead atoms. The smallest absolute Gasteiger partial charge is 0.261 e. The number of benzene rings is 1. The molecule has 2 N–H and O–H groups in total. The minimum atomic E-state index is -0.259. The SMILES string of the molecule is O=C(NCCc1cccc(F)c1)c1ccc(-c2c[nH]c3ncccc23)s1. The molecule has 0 aliphatic carbocycles. The predicted octanol–water partition coefficient (Wildman–Crippen LogP) is 4.40. The number of amides is 1. The number of H-pyrrole nitrogens is 1. The van der Waals surface area contributed by atoms with Gasteiger partial charge in [0.25, 0.3) is 5.91 Å². The summed E-state index contributed by atoms with van der Waals surface area (Å²) in [5.74, 6) is -0.374. The number of nitrogens with zero attached hydrogens (tertiary/aromatic N) is 1. The van der Waals surface area contributed by atoms with Gasteiger partial charge in [-0.05, 0) is 48.4 Å². The van der Waals surface area contributed by atoms with Crippen molar-refractivity contribution < 1.29 is 9.18 Å². The lowest BCUT2D eigenvalue weighted by Crippen LogP contribution is -2.24. The first kappa shape index (κ1) is 16.5. The average Bonchev–Trinajstić information content (AvgIpc) is 3.28. The van der Waals surface area contributed by atoms with Gasteiger partial charge in [0.15, 0.2) is 0 Å². The number of hydrogen-bond acceptors (Lipinski definition) is 3. The van der Waals surface area contributed by atoms with Gasteiger partial charge >= 0.3 is 0 Å². The number of rotatable bonds is 5. The summed E-state index contributed by atoms with van der Waals surface area (Å²) in [5.41, 5.74) is 2.73. The minimum Gasteiger partial charge on any atom is -0.351 e. The molecule has 0 saturated heterocycles. The standard InChI is InChI=1S/C20H16FN3OS/c21-14-4-1-3-13(11-14)8-10-23-20(25)18-7-6-17(26-18)16-12-24-19-15(16)5-2-9-22-19/h1-7,9,11-12H,8,10H2,(H,22,24)(H,23,25). The molecule has 4 rings (SSSR count). The molecule has 0 fully saturated rings. The Balaban J connectivity index is 1.43. The summed E-state index contributed by atoms with van der Waals surface area (Å²) in [6, 6.07) is 14.1. The quantitative estimate of drug-likeness (QED) is 0.551. The topological polar surface area (TPSA) is 57.8 Å². The summed E-state index contributed by atoms with van der Waals surface area (Å²) in [7, 11) is 0. The monoisotopic (exact) mass is 365 g/mol. The predicted molar refractivity (Wildman–Crippen MR) is 102 cm³/mol. The number of nitrogens with one attached hydrogen (secondary N) is 2. The Morgan fingerprint density at radius 2 is 2.12 bits per heavy atom. The van der Waals surface area contributed by atoms with E-state index in [4.69, 9.17) is 0 Å². The van der Waals surface area contributed by atoms with E-state index in [1.165, 1.54) is 23.5 Å². The van der Waals surface area contributed by atoms with E-state index in [-0.39, 0.29) is 11.7 Å². The molecular weight excluding hydrogens is 349 g/mol. The normalized spacial score (nSPS) is 11.0. The van der Waals surface area contributed by atoms with Crippen LogP contribution in [-0.2, 0) is 6.42 Å². The molecule has 130 valence electrons. The lowest BCUT2D eigenvalue weighted by atomic mass is 10.1. The number of halogens is 1. The highest BCUT2D eigenvalue weighted by Gasteiger charge is 2.13. The molecule has 3 heterocycles. The van der Waals surface area contributed by atoms with Gasteiger partial charge in [0.1, 0.15) is 11.5 Å². The Bertz CT molecular complexity index is 1070. The number of pyridine rings is 1. The van der Waals surface area contributed by atoms with Crippen LogP contribution in [0.25, 0.3) is 21.5 Å². The number of carbonyl (C=O) groups excluding carboxylic acids is 1. The van der Waals surface area contributed by atoms with Crippen LogP contribution in [0.15, 0.2) is 60.9 Å². The van der Waals surface area contributed by atoms with Crippen LogP contribution >= 0.6 is 11.3 Å². The summed E-state index contributed by atoms with van der Waals surface area (Å²) < 4.78 is 13.2. The fourth-order valence-electron chi connectivity index (χ4n) is 2.86. The molecule has 0 unspecified atom stereocenters. The Labute approximate surface area is 153 Å². The highest BCUT2D eigenvalue weighted by Crippen LogP contribution is 2.33. The van der Waals surface area contributed by atoms with Gasteiger partial charge in [-0.15, -0.1) is 11.3 Å². The van der Waals surface area contributed by atoms with Crippen molar-refractivity contribution in [2.24, 2.45) is 0 Å². The van der Waals surface area contributed by atoms with Gasteiger partial charge in [0.05, 0.1) is 4.88 Å². The van der Waals surface area contributed by atoms with E-state index in [1.807, 2.05) is 36.5 Å². The minimum absolute atomic E-state index is 0.115. The summed E-state index contributed by atoms with van der Waals surface area (Å²) in [5, 5.41) is 3.93.